The zero-order chi connectivity index (χ0) is 14.5. The molecule has 1 heterocycles. The zero-order valence-corrected chi connectivity index (χ0v) is 12.4. The van der Waals surface area contributed by atoms with Crippen molar-refractivity contribution in [3.05, 3.63) is 23.8 Å². The zero-order valence-electron chi connectivity index (χ0n) is 12.4. The fraction of sp³-hybridized carbons (Fsp3) is 0.562. The van der Waals surface area contributed by atoms with Crippen LogP contribution in [0.15, 0.2) is 18.2 Å². The highest BCUT2D eigenvalue weighted by molar-refractivity contribution is 5.98. The number of anilines is 1. The van der Waals surface area contributed by atoms with Crippen LogP contribution in [-0.4, -0.2) is 31.0 Å². The molecule has 0 aromatic heterocycles. The second-order valence-corrected chi connectivity index (χ2v) is 5.43. The van der Waals surface area contributed by atoms with E-state index in [0.29, 0.717) is 17.0 Å². The molecule has 1 amide bonds. The minimum absolute atomic E-state index is 0.0332. The summed E-state index contributed by atoms with van der Waals surface area (Å²) in [5, 5.41) is 0. The van der Waals surface area contributed by atoms with E-state index in [-0.39, 0.29) is 5.91 Å². The lowest BCUT2D eigenvalue weighted by atomic mass is 9.98. The van der Waals surface area contributed by atoms with Crippen molar-refractivity contribution in [3.63, 3.8) is 0 Å². The number of rotatable bonds is 3. The van der Waals surface area contributed by atoms with Gasteiger partial charge in [-0.05, 0) is 37.3 Å². The number of benzene rings is 1. The van der Waals surface area contributed by atoms with Crippen molar-refractivity contribution in [2.75, 3.05) is 25.9 Å². The highest BCUT2D eigenvalue weighted by Crippen LogP contribution is 2.28. The van der Waals surface area contributed by atoms with Gasteiger partial charge in [-0.3, -0.25) is 4.79 Å². The molecular formula is C16H24N2O2. The summed E-state index contributed by atoms with van der Waals surface area (Å²) in [6.45, 7) is 3.88. The van der Waals surface area contributed by atoms with Gasteiger partial charge in [-0.25, -0.2) is 0 Å². The molecule has 1 aromatic carbocycles. The van der Waals surface area contributed by atoms with Crippen LogP contribution in [0.1, 0.15) is 43.0 Å². The Morgan fingerprint density at radius 2 is 2.20 bits per heavy atom. The van der Waals surface area contributed by atoms with Gasteiger partial charge in [0.25, 0.3) is 5.91 Å². The number of hydrogen-bond acceptors (Lipinski definition) is 3. The maximum atomic E-state index is 12.7. The van der Waals surface area contributed by atoms with Gasteiger partial charge >= 0.3 is 0 Å². The molecule has 0 aliphatic carbocycles. The summed E-state index contributed by atoms with van der Waals surface area (Å²) in [7, 11) is 1.55. The van der Waals surface area contributed by atoms with E-state index in [1.807, 2.05) is 4.90 Å². The summed E-state index contributed by atoms with van der Waals surface area (Å²) in [6.07, 6.45) is 4.58. The highest BCUT2D eigenvalue weighted by atomic mass is 16.5. The molecule has 0 bridgehead atoms. The molecule has 20 heavy (non-hydrogen) atoms. The third kappa shape index (κ3) is 3.06. The predicted molar refractivity (Wildman–Crippen MR) is 80.9 cm³/mol. The van der Waals surface area contributed by atoms with Crippen LogP contribution in [0.2, 0.25) is 0 Å². The lowest BCUT2D eigenvalue weighted by Gasteiger charge is -2.22. The quantitative estimate of drug-likeness (QED) is 0.864. The molecule has 2 N–H and O–H groups in total. The van der Waals surface area contributed by atoms with E-state index in [2.05, 4.69) is 6.92 Å². The van der Waals surface area contributed by atoms with Gasteiger partial charge in [-0.2, -0.15) is 0 Å². The largest absolute Gasteiger partial charge is 0.494 e. The Hall–Kier alpha value is -1.71. The average Bonchev–Trinajstić information content (AvgIpc) is 2.71. The van der Waals surface area contributed by atoms with Gasteiger partial charge in [0, 0.05) is 13.1 Å². The maximum Gasteiger partial charge on any atom is 0.257 e. The number of nitrogens with zero attached hydrogens (tertiary/aromatic N) is 1. The smallest absolute Gasteiger partial charge is 0.257 e. The van der Waals surface area contributed by atoms with Crippen LogP contribution < -0.4 is 10.5 Å². The molecule has 1 saturated heterocycles. The lowest BCUT2D eigenvalue weighted by Crippen LogP contribution is -2.32. The molecule has 0 saturated carbocycles. The van der Waals surface area contributed by atoms with Crippen molar-refractivity contribution in [2.45, 2.75) is 32.6 Å². The number of methoxy groups -OCH3 is 1. The molecule has 1 fully saturated rings. The second-order valence-electron chi connectivity index (χ2n) is 5.43. The Kier molecular flexibility index (Phi) is 4.88. The number of amides is 1. The van der Waals surface area contributed by atoms with Gasteiger partial charge < -0.3 is 15.4 Å². The fourth-order valence-electron chi connectivity index (χ4n) is 2.90. The minimum Gasteiger partial charge on any atom is -0.494 e. The van der Waals surface area contributed by atoms with Crippen molar-refractivity contribution >= 4 is 11.6 Å². The van der Waals surface area contributed by atoms with Crippen LogP contribution in [-0.2, 0) is 0 Å². The number of ether oxygens (including phenoxy) is 1. The number of carbonyl (C=O) groups is 1. The molecule has 1 atom stereocenters. The monoisotopic (exact) mass is 276 g/mol. The molecule has 0 radical (unpaired) electrons. The van der Waals surface area contributed by atoms with Crippen LogP contribution >= 0.6 is 0 Å². The van der Waals surface area contributed by atoms with Gasteiger partial charge in [0.05, 0.1) is 18.4 Å². The molecule has 1 unspecified atom stereocenters. The van der Waals surface area contributed by atoms with E-state index in [4.69, 9.17) is 10.5 Å². The molecule has 1 aromatic rings. The first-order chi connectivity index (χ1) is 9.67. The Labute approximate surface area is 120 Å². The Bertz CT molecular complexity index is 474. The molecule has 2 rings (SSSR count). The number of likely N-dealkylation sites (tertiary alicyclic amines) is 1. The molecule has 4 heteroatoms. The van der Waals surface area contributed by atoms with E-state index < -0.39 is 0 Å². The molecule has 110 valence electrons. The molecular weight excluding hydrogens is 252 g/mol. The third-order valence-corrected chi connectivity index (χ3v) is 4.19. The maximum absolute atomic E-state index is 12.7. The van der Waals surface area contributed by atoms with Crippen LogP contribution in [0.3, 0.4) is 0 Å². The summed E-state index contributed by atoms with van der Waals surface area (Å²) in [5.41, 5.74) is 6.96. The Morgan fingerprint density at radius 1 is 1.40 bits per heavy atom. The van der Waals surface area contributed by atoms with Gasteiger partial charge in [0.1, 0.15) is 0 Å². The van der Waals surface area contributed by atoms with Crippen LogP contribution in [0, 0.1) is 5.92 Å². The molecule has 1 aliphatic heterocycles. The highest BCUT2D eigenvalue weighted by Gasteiger charge is 2.23. The first kappa shape index (κ1) is 14.7. The van der Waals surface area contributed by atoms with Gasteiger partial charge in [0.15, 0.2) is 5.75 Å². The van der Waals surface area contributed by atoms with E-state index >= 15 is 0 Å². The van der Waals surface area contributed by atoms with E-state index in [9.17, 15) is 4.79 Å². The van der Waals surface area contributed by atoms with Crippen LogP contribution in [0.25, 0.3) is 0 Å². The normalized spacial score (nSPS) is 19.5. The van der Waals surface area contributed by atoms with Gasteiger partial charge in [-0.1, -0.05) is 19.4 Å². The average molecular weight is 276 g/mol. The van der Waals surface area contributed by atoms with Gasteiger partial charge in [-0.15, -0.1) is 0 Å². The van der Waals surface area contributed by atoms with Crippen LogP contribution in [0.4, 0.5) is 5.69 Å². The van der Waals surface area contributed by atoms with Crippen molar-refractivity contribution in [1.82, 2.24) is 4.90 Å². The summed E-state index contributed by atoms with van der Waals surface area (Å²) >= 11 is 0. The molecule has 1 aliphatic rings. The van der Waals surface area contributed by atoms with Crippen molar-refractivity contribution in [1.29, 1.82) is 0 Å². The first-order valence-corrected chi connectivity index (χ1v) is 7.39. The van der Waals surface area contributed by atoms with E-state index in [1.54, 1.807) is 25.3 Å². The van der Waals surface area contributed by atoms with E-state index in [1.165, 1.54) is 12.8 Å². The molecule has 0 spiro atoms. The summed E-state index contributed by atoms with van der Waals surface area (Å²) < 4.78 is 5.29. The number of hydrogen-bond donors (Lipinski definition) is 1. The Balaban J connectivity index is 2.17. The lowest BCUT2D eigenvalue weighted by molar-refractivity contribution is 0.0756. The molecule has 4 nitrogen and oxygen atoms in total. The fourth-order valence-corrected chi connectivity index (χ4v) is 2.90. The second kappa shape index (κ2) is 6.64. The topological polar surface area (TPSA) is 55.6 Å². The summed E-state index contributed by atoms with van der Waals surface area (Å²) in [4.78, 5) is 14.6. The predicted octanol–water partition coefficient (Wildman–Crippen LogP) is 2.93. The Morgan fingerprint density at radius 3 is 2.90 bits per heavy atom. The summed E-state index contributed by atoms with van der Waals surface area (Å²) in [5.74, 6) is 1.27. The van der Waals surface area contributed by atoms with Gasteiger partial charge in [0.2, 0.25) is 0 Å². The number of nitrogens with two attached hydrogens (primary N) is 1. The van der Waals surface area contributed by atoms with E-state index in [0.717, 1.165) is 31.8 Å². The minimum atomic E-state index is 0.0332. The number of para-hydroxylation sites is 1. The number of carbonyl (C=O) groups excluding carboxylic acids is 1. The van der Waals surface area contributed by atoms with Crippen LogP contribution in [0.5, 0.6) is 5.75 Å². The van der Waals surface area contributed by atoms with Crippen molar-refractivity contribution in [2.24, 2.45) is 5.92 Å². The SMILES string of the molecule is CCC1CCCN(C(=O)c2cccc(N)c2OC)CC1. The first-order valence-electron chi connectivity index (χ1n) is 7.39. The van der Waals surface area contributed by atoms with Crippen molar-refractivity contribution < 1.29 is 9.53 Å². The third-order valence-electron chi connectivity index (χ3n) is 4.19. The van der Waals surface area contributed by atoms with Crippen molar-refractivity contribution in [3.8, 4) is 5.75 Å². The standard InChI is InChI=1S/C16H24N2O2/c1-3-12-6-5-10-18(11-9-12)16(19)13-7-4-8-14(17)15(13)20-2/h4,7-8,12H,3,5-6,9-11,17H2,1-2H3. The summed E-state index contributed by atoms with van der Waals surface area (Å²) in [6, 6.07) is 5.35. The number of nitrogen functional groups attached to an aromatic ring is 1.